The van der Waals surface area contributed by atoms with Gasteiger partial charge in [0.15, 0.2) is 0 Å². The first-order valence-electron chi connectivity index (χ1n) is 8.02. The molecule has 2 rings (SSSR count). The zero-order valence-electron chi connectivity index (χ0n) is 14.5. The molecule has 0 bridgehead atoms. The van der Waals surface area contributed by atoms with Crippen LogP contribution in [-0.4, -0.2) is 12.2 Å². The van der Waals surface area contributed by atoms with Crippen molar-refractivity contribution in [2.45, 2.75) is 44.4 Å². The zero-order chi connectivity index (χ0) is 17.0. The Morgan fingerprint density at radius 3 is 1.87 bits per heavy atom. The number of benzene rings is 2. The molecule has 0 aliphatic carbocycles. The summed E-state index contributed by atoms with van der Waals surface area (Å²) >= 11 is 1.67. The molecule has 2 nitrogen and oxygen atoms in total. The highest BCUT2D eigenvalue weighted by Crippen LogP contribution is 2.32. The van der Waals surface area contributed by atoms with E-state index >= 15 is 0 Å². The summed E-state index contributed by atoms with van der Waals surface area (Å²) < 4.78 is 0. The van der Waals surface area contributed by atoms with E-state index in [0.29, 0.717) is 17.4 Å². The van der Waals surface area contributed by atoms with Gasteiger partial charge in [-0.15, -0.1) is 11.8 Å². The average Bonchev–Trinajstić information content (AvgIpc) is 2.54. The van der Waals surface area contributed by atoms with Gasteiger partial charge in [0.05, 0.1) is 0 Å². The molecule has 0 aliphatic rings. The van der Waals surface area contributed by atoms with Gasteiger partial charge in [0, 0.05) is 16.1 Å². The molecule has 0 fully saturated rings. The Kier molecular flexibility index (Phi) is 5.89. The largest absolute Gasteiger partial charge is 0.321 e. The Morgan fingerprint density at radius 2 is 1.43 bits per heavy atom. The molecule has 0 aromatic heterocycles. The fourth-order valence-corrected chi connectivity index (χ4v) is 3.03. The van der Waals surface area contributed by atoms with Gasteiger partial charge in [-0.3, -0.25) is 4.79 Å². The molecule has 122 valence electrons. The number of nitrogens with one attached hydrogen (secondary N) is 1. The number of para-hydroxylation sites is 1. The third kappa shape index (κ3) is 4.17. The van der Waals surface area contributed by atoms with Gasteiger partial charge in [0.25, 0.3) is 5.91 Å². The number of hydrogen-bond acceptors (Lipinski definition) is 2. The van der Waals surface area contributed by atoms with Crippen molar-refractivity contribution in [3.63, 3.8) is 0 Å². The van der Waals surface area contributed by atoms with Crippen LogP contribution in [0.2, 0.25) is 0 Å². The monoisotopic (exact) mass is 327 g/mol. The van der Waals surface area contributed by atoms with Gasteiger partial charge < -0.3 is 5.32 Å². The second-order valence-electron chi connectivity index (χ2n) is 6.30. The van der Waals surface area contributed by atoms with E-state index in [0.717, 1.165) is 10.6 Å². The molecule has 1 amide bonds. The van der Waals surface area contributed by atoms with E-state index < -0.39 is 0 Å². The topological polar surface area (TPSA) is 29.1 Å². The van der Waals surface area contributed by atoms with E-state index in [2.05, 4.69) is 51.2 Å². The van der Waals surface area contributed by atoms with Gasteiger partial charge in [-0.05, 0) is 53.5 Å². The van der Waals surface area contributed by atoms with E-state index in [1.54, 1.807) is 11.8 Å². The van der Waals surface area contributed by atoms with Crippen molar-refractivity contribution in [1.29, 1.82) is 0 Å². The number of carbonyl (C=O) groups is 1. The number of thioether (sulfide) groups is 1. The Morgan fingerprint density at radius 1 is 0.913 bits per heavy atom. The third-order valence-electron chi connectivity index (χ3n) is 3.96. The summed E-state index contributed by atoms with van der Waals surface area (Å²) in [4.78, 5) is 13.8. The van der Waals surface area contributed by atoms with Crippen molar-refractivity contribution in [3.05, 3.63) is 59.2 Å². The molecule has 2 aromatic rings. The lowest BCUT2D eigenvalue weighted by atomic mass is 9.92. The molecule has 0 heterocycles. The molecule has 2 aromatic carbocycles. The number of amides is 1. The van der Waals surface area contributed by atoms with E-state index in [4.69, 9.17) is 0 Å². The lowest BCUT2D eigenvalue weighted by Crippen LogP contribution is -2.15. The highest BCUT2D eigenvalue weighted by Gasteiger charge is 2.16. The molecular weight excluding hydrogens is 302 g/mol. The minimum Gasteiger partial charge on any atom is -0.321 e. The van der Waals surface area contributed by atoms with E-state index in [1.165, 1.54) is 11.1 Å². The number of hydrogen-bond donors (Lipinski definition) is 1. The zero-order valence-corrected chi connectivity index (χ0v) is 15.3. The van der Waals surface area contributed by atoms with Crippen LogP contribution in [-0.2, 0) is 0 Å². The van der Waals surface area contributed by atoms with Crippen LogP contribution < -0.4 is 5.32 Å². The number of rotatable bonds is 5. The third-order valence-corrected chi connectivity index (χ3v) is 4.71. The van der Waals surface area contributed by atoms with E-state index in [-0.39, 0.29) is 5.91 Å². The fourth-order valence-electron chi connectivity index (χ4n) is 2.62. The summed E-state index contributed by atoms with van der Waals surface area (Å²) in [5, 5.41) is 3.15. The lowest BCUT2D eigenvalue weighted by Gasteiger charge is -2.20. The van der Waals surface area contributed by atoms with Gasteiger partial charge in [-0.2, -0.15) is 0 Å². The Bertz CT molecular complexity index is 648. The van der Waals surface area contributed by atoms with Gasteiger partial charge >= 0.3 is 0 Å². The molecule has 0 spiro atoms. The molecule has 0 aliphatic heterocycles. The molecule has 0 saturated carbocycles. The summed E-state index contributed by atoms with van der Waals surface area (Å²) in [5.74, 6) is 0.679. The summed E-state index contributed by atoms with van der Waals surface area (Å²) in [7, 11) is 0. The molecule has 0 radical (unpaired) electrons. The van der Waals surface area contributed by atoms with Gasteiger partial charge in [0.2, 0.25) is 0 Å². The van der Waals surface area contributed by atoms with Crippen LogP contribution in [0.3, 0.4) is 0 Å². The molecule has 0 unspecified atom stereocenters. The predicted octanol–water partition coefficient (Wildman–Crippen LogP) is 5.91. The van der Waals surface area contributed by atoms with Crippen LogP contribution in [0.1, 0.15) is 61.0 Å². The Hall–Kier alpha value is -1.74. The van der Waals surface area contributed by atoms with Crippen molar-refractivity contribution in [2.75, 3.05) is 11.6 Å². The maximum absolute atomic E-state index is 12.6. The first-order chi connectivity index (χ1) is 10.9. The van der Waals surface area contributed by atoms with E-state index in [9.17, 15) is 4.79 Å². The van der Waals surface area contributed by atoms with E-state index in [1.807, 2.05) is 30.5 Å². The average molecular weight is 327 g/mol. The van der Waals surface area contributed by atoms with Crippen LogP contribution in [0.25, 0.3) is 0 Å². The second-order valence-corrected chi connectivity index (χ2v) is 7.18. The standard InChI is InChI=1S/C20H25NOS/c1-13(2)17-7-6-8-18(14(3)4)19(17)21-20(22)15-9-11-16(23-5)12-10-15/h6-14H,1-5H3,(H,21,22). The van der Waals surface area contributed by atoms with Gasteiger partial charge in [-0.25, -0.2) is 0 Å². The summed E-state index contributed by atoms with van der Waals surface area (Å²) in [6, 6.07) is 14.0. The Balaban J connectivity index is 2.35. The fraction of sp³-hybridized carbons (Fsp3) is 0.350. The first kappa shape index (κ1) is 17.6. The Labute approximate surface area is 143 Å². The highest BCUT2D eigenvalue weighted by molar-refractivity contribution is 7.98. The maximum Gasteiger partial charge on any atom is 0.255 e. The minimum absolute atomic E-state index is 0.0485. The SMILES string of the molecule is CSc1ccc(C(=O)Nc2c(C(C)C)cccc2C(C)C)cc1. The minimum atomic E-state index is -0.0485. The van der Waals surface area contributed by atoms with Gasteiger partial charge in [-0.1, -0.05) is 45.9 Å². The maximum atomic E-state index is 12.6. The highest BCUT2D eigenvalue weighted by atomic mass is 32.2. The van der Waals surface area contributed by atoms with Crippen molar-refractivity contribution >= 4 is 23.4 Å². The molecule has 1 N–H and O–H groups in total. The number of anilines is 1. The predicted molar refractivity (Wildman–Crippen MR) is 101 cm³/mol. The normalized spacial score (nSPS) is 11.1. The first-order valence-corrected chi connectivity index (χ1v) is 9.24. The van der Waals surface area contributed by atoms with Crippen molar-refractivity contribution in [2.24, 2.45) is 0 Å². The van der Waals surface area contributed by atoms with Crippen molar-refractivity contribution in [3.8, 4) is 0 Å². The lowest BCUT2D eigenvalue weighted by molar-refractivity contribution is 0.102. The van der Waals surface area contributed by atoms with Crippen LogP contribution >= 0.6 is 11.8 Å². The summed E-state index contributed by atoms with van der Waals surface area (Å²) in [6.45, 7) is 8.62. The molecule has 0 saturated heterocycles. The smallest absolute Gasteiger partial charge is 0.255 e. The summed E-state index contributed by atoms with van der Waals surface area (Å²) in [6.07, 6.45) is 2.03. The van der Waals surface area contributed by atoms with Crippen molar-refractivity contribution < 1.29 is 4.79 Å². The molecule has 23 heavy (non-hydrogen) atoms. The van der Waals surface area contributed by atoms with Gasteiger partial charge in [0.1, 0.15) is 0 Å². The van der Waals surface area contributed by atoms with Crippen LogP contribution in [0.4, 0.5) is 5.69 Å². The molecule has 3 heteroatoms. The number of carbonyl (C=O) groups excluding carboxylic acids is 1. The molecule has 0 atom stereocenters. The molecular formula is C20H25NOS. The second kappa shape index (κ2) is 7.69. The van der Waals surface area contributed by atoms with Crippen LogP contribution in [0, 0.1) is 0 Å². The van der Waals surface area contributed by atoms with Crippen LogP contribution in [0.15, 0.2) is 47.4 Å². The quantitative estimate of drug-likeness (QED) is 0.692. The van der Waals surface area contributed by atoms with Crippen LogP contribution in [0.5, 0.6) is 0 Å². The summed E-state index contributed by atoms with van der Waals surface area (Å²) in [5.41, 5.74) is 4.03. The van der Waals surface area contributed by atoms with Crippen molar-refractivity contribution in [1.82, 2.24) is 0 Å².